The zero-order valence-corrected chi connectivity index (χ0v) is 10.6. The third-order valence-electron chi connectivity index (χ3n) is 4.41. The minimum absolute atomic E-state index is 0.0515. The number of fused-ring (bicyclic) bond motifs is 1. The van der Waals surface area contributed by atoms with Crippen molar-refractivity contribution < 1.29 is 5.11 Å². The summed E-state index contributed by atoms with van der Waals surface area (Å²) in [6, 6.07) is 3.42. The lowest BCUT2D eigenvalue weighted by Gasteiger charge is -2.21. The fourth-order valence-corrected chi connectivity index (χ4v) is 3.47. The van der Waals surface area contributed by atoms with Crippen molar-refractivity contribution in [1.29, 1.82) is 0 Å². The Kier molecular flexibility index (Phi) is 3.22. The third kappa shape index (κ3) is 2.35. The molecule has 0 spiro atoms. The van der Waals surface area contributed by atoms with Crippen molar-refractivity contribution in [2.45, 2.75) is 25.3 Å². The van der Waals surface area contributed by atoms with Crippen LogP contribution in [0.2, 0.25) is 0 Å². The Hall–Kier alpha value is -1.13. The summed E-state index contributed by atoms with van der Waals surface area (Å²) in [5, 5.41) is 9.22. The van der Waals surface area contributed by atoms with Crippen LogP contribution >= 0.6 is 0 Å². The molecule has 2 aliphatic rings. The molecule has 1 aromatic heterocycles. The smallest absolute Gasteiger partial charge is 0.133 e. The molecule has 0 amide bonds. The maximum absolute atomic E-state index is 9.22. The average Bonchev–Trinajstić information content (AvgIpc) is 2.90. The van der Waals surface area contributed by atoms with Crippen LogP contribution in [-0.2, 0) is 0 Å². The van der Waals surface area contributed by atoms with E-state index in [0.29, 0.717) is 0 Å². The molecule has 0 radical (unpaired) electrons. The first-order valence-corrected chi connectivity index (χ1v) is 6.85. The van der Waals surface area contributed by atoms with Crippen molar-refractivity contribution in [2.75, 3.05) is 19.6 Å². The summed E-state index contributed by atoms with van der Waals surface area (Å²) < 4.78 is 0. The van der Waals surface area contributed by atoms with Crippen LogP contribution in [0.4, 0.5) is 0 Å². The highest BCUT2D eigenvalue weighted by Crippen LogP contribution is 2.37. The molecule has 1 saturated carbocycles. The number of nitrogens with zero attached hydrogens (tertiary/aromatic N) is 2. The van der Waals surface area contributed by atoms with Gasteiger partial charge in [-0.05, 0) is 36.8 Å². The van der Waals surface area contributed by atoms with Crippen LogP contribution in [0.15, 0.2) is 18.3 Å². The molecular weight excluding hydrogens is 226 g/mol. The molecule has 4 nitrogen and oxygen atoms in total. The number of aromatic hydroxyl groups is 1. The number of nitrogens with two attached hydrogens (primary N) is 1. The van der Waals surface area contributed by atoms with Gasteiger partial charge in [0.2, 0.25) is 0 Å². The quantitative estimate of drug-likeness (QED) is 0.850. The average molecular weight is 247 g/mol. The second-order valence-corrected chi connectivity index (χ2v) is 5.72. The highest BCUT2D eigenvalue weighted by atomic mass is 16.3. The Bertz CT molecular complexity index is 394. The molecule has 2 heterocycles. The van der Waals surface area contributed by atoms with Gasteiger partial charge in [-0.25, -0.2) is 0 Å². The molecule has 0 bridgehead atoms. The van der Waals surface area contributed by atoms with Crippen LogP contribution in [0.1, 0.15) is 31.0 Å². The van der Waals surface area contributed by atoms with Gasteiger partial charge in [0.05, 0.1) is 17.9 Å². The molecule has 1 aliphatic heterocycles. The number of hydrogen-bond acceptors (Lipinski definition) is 4. The summed E-state index contributed by atoms with van der Waals surface area (Å²) in [5.41, 5.74) is 7.06. The van der Waals surface area contributed by atoms with E-state index in [-0.39, 0.29) is 11.8 Å². The largest absolute Gasteiger partial charge is 0.506 e. The normalized spacial score (nSPS) is 29.4. The first-order valence-electron chi connectivity index (χ1n) is 6.85. The van der Waals surface area contributed by atoms with Crippen molar-refractivity contribution in [3.8, 4) is 5.75 Å². The van der Waals surface area contributed by atoms with E-state index in [0.717, 1.165) is 24.1 Å². The number of pyridine rings is 1. The zero-order chi connectivity index (χ0) is 12.5. The summed E-state index contributed by atoms with van der Waals surface area (Å²) in [7, 11) is 0. The van der Waals surface area contributed by atoms with Gasteiger partial charge in [-0.1, -0.05) is 6.42 Å². The minimum Gasteiger partial charge on any atom is -0.506 e. The van der Waals surface area contributed by atoms with Gasteiger partial charge in [-0.3, -0.25) is 4.98 Å². The van der Waals surface area contributed by atoms with E-state index < -0.39 is 0 Å². The minimum atomic E-state index is -0.0515. The Balaban J connectivity index is 1.58. The van der Waals surface area contributed by atoms with Crippen molar-refractivity contribution in [3.63, 3.8) is 0 Å². The molecule has 2 fully saturated rings. The summed E-state index contributed by atoms with van der Waals surface area (Å²) >= 11 is 0. The zero-order valence-electron chi connectivity index (χ0n) is 10.6. The molecule has 3 unspecified atom stereocenters. The Labute approximate surface area is 108 Å². The number of rotatable bonds is 3. The molecule has 3 N–H and O–H groups in total. The lowest BCUT2D eigenvalue weighted by Crippen LogP contribution is -2.31. The molecule has 0 aromatic carbocycles. The molecule has 1 aliphatic carbocycles. The Morgan fingerprint density at radius 3 is 2.67 bits per heavy atom. The van der Waals surface area contributed by atoms with Gasteiger partial charge in [-0.15, -0.1) is 0 Å². The van der Waals surface area contributed by atoms with Crippen LogP contribution in [0.3, 0.4) is 0 Å². The number of aromatic nitrogens is 1. The SMILES string of the molecule is NC(CN1CC2CCCC2C1)c1ccc(O)cn1. The molecule has 1 aromatic rings. The maximum atomic E-state index is 9.22. The van der Waals surface area contributed by atoms with Crippen molar-refractivity contribution >= 4 is 0 Å². The molecule has 3 atom stereocenters. The predicted molar refractivity (Wildman–Crippen MR) is 70.1 cm³/mol. The predicted octanol–water partition coefficient (Wildman–Crippen LogP) is 1.52. The highest BCUT2D eigenvalue weighted by Gasteiger charge is 2.36. The van der Waals surface area contributed by atoms with Crippen LogP contribution in [0.5, 0.6) is 5.75 Å². The summed E-state index contributed by atoms with van der Waals surface area (Å²) in [5.74, 6) is 2.01. The van der Waals surface area contributed by atoms with E-state index in [2.05, 4.69) is 9.88 Å². The summed E-state index contributed by atoms with van der Waals surface area (Å²) in [6.07, 6.45) is 5.67. The van der Waals surface area contributed by atoms with E-state index in [1.807, 2.05) is 6.07 Å². The topological polar surface area (TPSA) is 62.4 Å². The summed E-state index contributed by atoms with van der Waals surface area (Å²) in [4.78, 5) is 6.67. The van der Waals surface area contributed by atoms with Crippen molar-refractivity contribution in [2.24, 2.45) is 17.6 Å². The fourth-order valence-electron chi connectivity index (χ4n) is 3.47. The molecular formula is C14H21N3O. The van der Waals surface area contributed by atoms with Crippen molar-refractivity contribution in [3.05, 3.63) is 24.0 Å². The van der Waals surface area contributed by atoms with E-state index >= 15 is 0 Å². The Morgan fingerprint density at radius 2 is 2.06 bits per heavy atom. The molecule has 18 heavy (non-hydrogen) atoms. The second-order valence-electron chi connectivity index (χ2n) is 5.72. The lowest BCUT2D eigenvalue weighted by atomic mass is 10.0. The van der Waals surface area contributed by atoms with Gasteiger partial charge < -0.3 is 15.7 Å². The molecule has 98 valence electrons. The van der Waals surface area contributed by atoms with Gasteiger partial charge in [0.15, 0.2) is 0 Å². The highest BCUT2D eigenvalue weighted by molar-refractivity contribution is 5.20. The van der Waals surface area contributed by atoms with Crippen LogP contribution in [-0.4, -0.2) is 34.6 Å². The Morgan fingerprint density at radius 1 is 1.33 bits per heavy atom. The molecule has 3 rings (SSSR count). The van der Waals surface area contributed by atoms with Crippen LogP contribution < -0.4 is 5.73 Å². The van der Waals surface area contributed by atoms with Gasteiger partial charge in [0.25, 0.3) is 0 Å². The molecule has 1 saturated heterocycles. The van der Waals surface area contributed by atoms with E-state index in [1.54, 1.807) is 6.07 Å². The third-order valence-corrected chi connectivity index (χ3v) is 4.41. The van der Waals surface area contributed by atoms with Gasteiger partial charge in [-0.2, -0.15) is 0 Å². The first kappa shape index (κ1) is 11.9. The number of hydrogen-bond donors (Lipinski definition) is 2. The van der Waals surface area contributed by atoms with Crippen molar-refractivity contribution in [1.82, 2.24) is 9.88 Å². The lowest BCUT2D eigenvalue weighted by molar-refractivity contribution is 0.290. The molecule has 4 heteroatoms. The van der Waals surface area contributed by atoms with Gasteiger partial charge in [0, 0.05) is 19.6 Å². The fraction of sp³-hybridized carbons (Fsp3) is 0.643. The maximum Gasteiger partial charge on any atom is 0.133 e. The van der Waals surface area contributed by atoms with Gasteiger partial charge >= 0.3 is 0 Å². The monoisotopic (exact) mass is 247 g/mol. The standard InChI is InChI=1S/C14H21N3O/c15-13(14-5-4-12(18)6-16-14)9-17-7-10-2-1-3-11(10)8-17/h4-6,10-11,13,18H,1-3,7-9,15H2. The summed E-state index contributed by atoms with van der Waals surface area (Å²) in [6.45, 7) is 3.29. The van der Waals surface area contributed by atoms with Crippen LogP contribution in [0, 0.1) is 11.8 Å². The second kappa shape index (κ2) is 4.86. The van der Waals surface area contributed by atoms with E-state index in [4.69, 9.17) is 5.73 Å². The number of likely N-dealkylation sites (tertiary alicyclic amines) is 1. The van der Waals surface area contributed by atoms with Crippen LogP contribution in [0.25, 0.3) is 0 Å². The van der Waals surface area contributed by atoms with Gasteiger partial charge in [0.1, 0.15) is 5.75 Å². The first-order chi connectivity index (χ1) is 8.72. The van der Waals surface area contributed by atoms with E-state index in [1.165, 1.54) is 38.5 Å². The van der Waals surface area contributed by atoms with E-state index in [9.17, 15) is 5.11 Å².